The van der Waals surface area contributed by atoms with Crippen LogP contribution in [-0.2, 0) is 17.9 Å². The van der Waals surface area contributed by atoms with E-state index in [1.54, 1.807) is 0 Å². The van der Waals surface area contributed by atoms with Gasteiger partial charge in [-0.15, -0.1) is 0 Å². The Morgan fingerprint density at radius 2 is 2.15 bits per heavy atom. The lowest BCUT2D eigenvalue weighted by Gasteiger charge is -2.11. The second kappa shape index (κ2) is 7.79. The van der Waals surface area contributed by atoms with Gasteiger partial charge in [0.15, 0.2) is 5.76 Å². The van der Waals surface area contributed by atoms with Gasteiger partial charge in [-0.1, -0.05) is 35.5 Å². The SMILES string of the molecule is Cc1cc(CNCC(O)COCc2ccccc2)on1. The minimum absolute atomic E-state index is 0.303. The summed E-state index contributed by atoms with van der Waals surface area (Å²) < 4.78 is 10.5. The van der Waals surface area contributed by atoms with Gasteiger partial charge in [-0.3, -0.25) is 0 Å². The Hall–Kier alpha value is -1.69. The van der Waals surface area contributed by atoms with Crippen molar-refractivity contribution in [2.45, 2.75) is 26.2 Å². The predicted molar refractivity (Wildman–Crippen MR) is 75.1 cm³/mol. The number of hydrogen-bond acceptors (Lipinski definition) is 5. The van der Waals surface area contributed by atoms with Crippen LogP contribution in [-0.4, -0.2) is 29.5 Å². The van der Waals surface area contributed by atoms with E-state index in [-0.39, 0.29) is 0 Å². The molecule has 0 spiro atoms. The van der Waals surface area contributed by atoms with E-state index in [0.29, 0.717) is 26.3 Å². The number of rotatable bonds is 8. The number of aryl methyl sites for hydroxylation is 1. The molecule has 1 atom stereocenters. The van der Waals surface area contributed by atoms with Crippen LogP contribution in [0.2, 0.25) is 0 Å². The van der Waals surface area contributed by atoms with E-state index in [4.69, 9.17) is 9.26 Å². The fourth-order valence-corrected chi connectivity index (χ4v) is 1.81. The summed E-state index contributed by atoms with van der Waals surface area (Å²) in [6.07, 6.45) is -0.539. The number of aliphatic hydroxyl groups is 1. The first-order chi connectivity index (χ1) is 9.74. The Morgan fingerprint density at radius 1 is 1.35 bits per heavy atom. The fourth-order valence-electron chi connectivity index (χ4n) is 1.81. The van der Waals surface area contributed by atoms with Crippen molar-refractivity contribution in [3.05, 3.63) is 53.4 Å². The first kappa shape index (κ1) is 14.7. The standard InChI is InChI=1S/C15H20N2O3/c1-12-7-15(20-17-12)9-16-8-14(18)11-19-10-13-5-3-2-4-6-13/h2-7,14,16,18H,8-11H2,1H3. The number of ether oxygens (including phenoxy) is 1. The van der Waals surface area contributed by atoms with Gasteiger partial charge in [-0.25, -0.2) is 0 Å². The van der Waals surface area contributed by atoms with Gasteiger partial charge < -0.3 is 19.7 Å². The van der Waals surface area contributed by atoms with Crippen LogP contribution in [0.3, 0.4) is 0 Å². The Balaban J connectivity index is 1.57. The van der Waals surface area contributed by atoms with E-state index in [1.165, 1.54) is 0 Å². The molecule has 0 aliphatic heterocycles. The van der Waals surface area contributed by atoms with Crippen molar-refractivity contribution < 1.29 is 14.4 Å². The largest absolute Gasteiger partial charge is 0.389 e. The average molecular weight is 276 g/mol. The lowest BCUT2D eigenvalue weighted by Crippen LogP contribution is -2.29. The molecule has 1 heterocycles. The third kappa shape index (κ3) is 5.13. The van der Waals surface area contributed by atoms with Crippen molar-refractivity contribution in [2.24, 2.45) is 0 Å². The zero-order valence-electron chi connectivity index (χ0n) is 11.6. The number of aliphatic hydroxyl groups excluding tert-OH is 1. The number of hydrogen-bond donors (Lipinski definition) is 2. The molecule has 0 radical (unpaired) electrons. The normalized spacial score (nSPS) is 12.5. The molecule has 0 saturated heterocycles. The summed E-state index contributed by atoms with van der Waals surface area (Å²) in [6, 6.07) is 11.8. The molecule has 5 heteroatoms. The lowest BCUT2D eigenvalue weighted by atomic mass is 10.2. The molecule has 0 amide bonds. The number of nitrogens with one attached hydrogen (secondary N) is 1. The molecule has 20 heavy (non-hydrogen) atoms. The minimum atomic E-state index is -0.539. The molecule has 2 aromatic rings. The molecule has 0 aliphatic carbocycles. The topological polar surface area (TPSA) is 67.5 Å². The molecule has 2 N–H and O–H groups in total. The molecular formula is C15H20N2O3. The molecule has 1 aromatic heterocycles. The van der Waals surface area contributed by atoms with Gasteiger partial charge in [-0.2, -0.15) is 0 Å². The Labute approximate surface area is 118 Å². The van der Waals surface area contributed by atoms with E-state index in [0.717, 1.165) is 17.0 Å². The first-order valence-corrected chi connectivity index (χ1v) is 6.66. The monoisotopic (exact) mass is 276 g/mol. The second-order valence-electron chi connectivity index (χ2n) is 4.72. The molecule has 2 rings (SSSR count). The highest BCUT2D eigenvalue weighted by Gasteiger charge is 2.05. The molecule has 108 valence electrons. The summed E-state index contributed by atoms with van der Waals surface area (Å²) in [4.78, 5) is 0. The summed E-state index contributed by atoms with van der Waals surface area (Å²) in [5, 5.41) is 16.7. The summed E-state index contributed by atoms with van der Waals surface area (Å²) in [7, 11) is 0. The quantitative estimate of drug-likeness (QED) is 0.767. The Bertz CT molecular complexity index is 499. The van der Waals surface area contributed by atoms with Gasteiger partial charge >= 0.3 is 0 Å². The Kier molecular flexibility index (Phi) is 5.73. The zero-order chi connectivity index (χ0) is 14.2. The molecule has 5 nitrogen and oxygen atoms in total. The van der Waals surface area contributed by atoms with Crippen LogP contribution in [0.15, 0.2) is 40.9 Å². The van der Waals surface area contributed by atoms with Gasteiger partial charge in [0.25, 0.3) is 0 Å². The van der Waals surface area contributed by atoms with Crippen LogP contribution in [0.1, 0.15) is 17.0 Å². The highest BCUT2D eigenvalue weighted by Crippen LogP contribution is 2.02. The van der Waals surface area contributed by atoms with E-state index in [1.807, 2.05) is 43.3 Å². The summed E-state index contributed by atoms with van der Waals surface area (Å²) >= 11 is 0. The van der Waals surface area contributed by atoms with Crippen molar-refractivity contribution in [2.75, 3.05) is 13.2 Å². The molecule has 0 saturated carbocycles. The zero-order valence-corrected chi connectivity index (χ0v) is 11.6. The maximum absolute atomic E-state index is 9.78. The van der Waals surface area contributed by atoms with Gasteiger partial charge in [0.1, 0.15) is 0 Å². The maximum atomic E-state index is 9.78. The lowest BCUT2D eigenvalue weighted by molar-refractivity contribution is 0.0285. The third-order valence-electron chi connectivity index (χ3n) is 2.78. The highest BCUT2D eigenvalue weighted by molar-refractivity contribution is 5.13. The molecule has 0 bridgehead atoms. The smallest absolute Gasteiger partial charge is 0.150 e. The van der Waals surface area contributed by atoms with Crippen molar-refractivity contribution in [3.63, 3.8) is 0 Å². The van der Waals surface area contributed by atoms with Crippen molar-refractivity contribution >= 4 is 0 Å². The van der Waals surface area contributed by atoms with Crippen LogP contribution in [0.25, 0.3) is 0 Å². The van der Waals surface area contributed by atoms with Crippen LogP contribution in [0, 0.1) is 6.92 Å². The molecule has 1 unspecified atom stereocenters. The van der Waals surface area contributed by atoms with Gasteiger partial charge in [-0.05, 0) is 12.5 Å². The predicted octanol–water partition coefficient (Wildman–Crippen LogP) is 1.65. The van der Waals surface area contributed by atoms with Crippen molar-refractivity contribution in [1.82, 2.24) is 10.5 Å². The summed E-state index contributed by atoms with van der Waals surface area (Å²) in [6.45, 7) is 3.70. The van der Waals surface area contributed by atoms with E-state index in [9.17, 15) is 5.11 Å². The first-order valence-electron chi connectivity index (χ1n) is 6.66. The van der Waals surface area contributed by atoms with E-state index in [2.05, 4.69) is 10.5 Å². The third-order valence-corrected chi connectivity index (χ3v) is 2.78. The highest BCUT2D eigenvalue weighted by atomic mass is 16.5. The van der Waals surface area contributed by atoms with Gasteiger partial charge in [0, 0.05) is 12.6 Å². The van der Waals surface area contributed by atoms with Crippen molar-refractivity contribution in [1.29, 1.82) is 0 Å². The number of aromatic nitrogens is 1. The second-order valence-corrected chi connectivity index (χ2v) is 4.72. The van der Waals surface area contributed by atoms with Crippen LogP contribution < -0.4 is 5.32 Å². The van der Waals surface area contributed by atoms with Gasteiger partial charge in [0.05, 0.1) is 31.6 Å². The molecule has 0 fully saturated rings. The van der Waals surface area contributed by atoms with Crippen LogP contribution in [0.5, 0.6) is 0 Å². The summed E-state index contributed by atoms with van der Waals surface area (Å²) in [5.74, 6) is 0.764. The average Bonchev–Trinajstić information content (AvgIpc) is 2.86. The van der Waals surface area contributed by atoms with Crippen LogP contribution >= 0.6 is 0 Å². The van der Waals surface area contributed by atoms with E-state index >= 15 is 0 Å². The number of benzene rings is 1. The summed E-state index contributed by atoms with van der Waals surface area (Å²) in [5.41, 5.74) is 1.96. The fraction of sp³-hybridized carbons (Fsp3) is 0.400. The van der Waals surface area contributed by atoms with E-state index < -0.39 is 6.10 Å². The molecular weight excluding hydrogens is 256 g/mol. The van der Waals surface area contributed by atoms with Crippen LogP contribution in [0.4, 0.5) is 0 Å². The Morgan fingerprint density at radius 3 is 2.85 bits per heavy atom. The van der Waals surface area contributed by atoms with Gasteiger partial charge in [0.2, 0.25) is 0 Å². The maximum Gasteiger partial charge on any atom is 0.150 e. The minimum Gasteiger partial charge on any atom is -0.389 e. The van der Waals surface area contributed by atoms with Crippen molar-refractivity contribution in [3.8, 4) is 0 Å². The molecule has 0 aliphatic rings. The molecule has 1 aromatic carbocycles. The number of nitrogens with zero attached hydrogens (tertiary/aromatic N) is 1.